The van der Waals surface area contributed by atoms with E-state index in [0.29, 0.717) is 6.61 Å². The number of nitrogens with zero attached hydrogens (tertiary/aromatic N) is 1. The third-order valence-electron chi connectivity index (χ3n) is 3.66. The highest BCUT2D eigenvalue weighted by atomic mass is 16.6. The van der Waals surface area contributed by atoms with Gasteiger partial charge in [-0.25, -0.2) is 4.79 Å². The molecule has 1 N–H and O–H groups in total. The second-order valence-electron chi connectivity index (χ2n) is 6.86. The molecule has 0 aromatic heterocycles. The lowest BCUT2D eigenvalue weighted by Crippen LogP contribution is -2.49. The monoisotopic (exact) mass is 320 g/mol. The van der Waals surface area contributed by atoms with Gasteiger partial charge in [0, 0.05) is 24.8 Å². The molecule has 1 aromatic carbocycles. The Hall–Kier alpha value is -1.91. The summed E-state index contributed by atoms with van der Waals surface area (Å²) in [4.78, 5) is 14.2. The van der Waals surface area contributed by atoms with Crippen molar-refractivity contribution in [2.75, 3.05) is 24.6 Å². The fourth-order valence-corrected chi connectivity index (χ4v) is 2.72. The summed E-state index contributed by atoms with van der Waals surface area (Å²) in [5.74, 6) is 0.886. The van der Waals surface area contributed by atoms with Crippen LogP contribution in [0.2, 0.25) is 0 Å². The first kappa shape index (κ1) is 17.4. The molecule has 1 aliphatic rings. The van der Waals surface area contributed by atoms with Crippen molar-refractivity contribution in [2.24, 2.45) is 0 Å². The molecule has 1 atom stereocenters. The maximum Gasteiger partial charge on any atom is 0.407 e. The van der Waals surface area contributed by atoms with Gasteiger partial charge in [-0.15, -0.1) is 0 Å². The molecule has 0 bridgehead atoms. The molecule has 2 rings (SSSR count). The van der Waals surface area contributed by atoms with E-state index < -0.39 is 5.60 Å². The largest absolute Gasteiger partial charge is 0.494 e. The van der Waals surface area contributed by atoms with Crippen LogP contribution in [-0.4, -0.2) is 37.4 Å². The highest BCUT2D eigenvalue weighted by Crippen LogP contribution is 2.23. The number of hydrogen-bond acceptors (Lipinski definition) is 4. The Balaban J connectivity index is 1.91. The van der Waals surface area contributed by atoms with E-state index >= 15 is 0 Å². The maximum absolute atomic E-state index is 11.9. The number of amides is 1. The Morgan fingerprint density at radius 2 is 2.00 bits per heavy atom. The fraction of sp³-hybridized carbons (Fsp3) is 0.611. The predicted molar refractivity (Wildman–Crippen MR) is 92.2 cm³/mol. The number of piperidine rings is 1. The summed E-state index contributed by atoms with van der Waals surface area (Å²) in [5, 5.41) is 2.98. The Bertz CT molecular complexity index is 508. The standard InChI is InChI=1S/C18H28N2O3/c1-5-22-16-10-8-15(9-11-16)20-12-6-7-14(13-20)19-17(21)23-18(2,3)4/h8-11,14H,5-7,12-13H2,1-4H3,(H,19,21). The number of carbonyl (C=O) groups is 1. The van der Waals surface area contributed by atoms with Gasteiger partial charge in [0.25, 0.3) is 0 Å². The van der Waals surface area contributed by atoms with Gasteiger partial charge in [0.1, 0.15) is 11.4 Å². The molecule has 0 saturated carbocycles. The predicted octanol–water partition coefficient (Wildman–Crippen LogP) is 3.58. The van der Waals surface area contributed by atoms with Crippen molar-refractivity contribution in [3.8, 4) is 5.75 Å². The molecule has 1 amide bonds. The summed E-state index contributed by atoms with van der Waals surface area (Å²) in [6.45, 7) is 10.1. The van der Waals surface area contributed by atoms with Crippen LogP contribution in [0.3, 0.4) is 0 Å². The number of carbonyl (C=O) groups excluding carboxylic acids is 1. The Labute approximate surface area is 139 Å². The third-order valence-corrected chi connectivity index (χ3v) is 3.66. The van der Waals surface area contributed by atoms with E-state index in [1.807, 2.05) is 39.8 Å². The summed E-state index contributed by atoms with van der Waals surface area (Å²) < 4.78 is 10.8. The molecule has 5 nitrogen and oxygen atoms in total. The van der Waals surface area contributed by atoms with Crippen LogP contribution in [0.4, 0.5) is 10.5 Å². The number of rotatable bonds is 4. The van der Waals surface area contributed by atoms with Crippen molar-refractivity contribution in [1.82, 2.24) is 5.32 Å². The van der Waals surface area contributed by atoms with Crippen LogP contribution in [-0.2, 0) is 4.74 Å². The van der Waals surface area contributed by atoms with Gasteiger partial charge >= 0.3 is 6.09 Å². The third kappa shape index (κ3) is 5.66. The van der Waals surface area contributed by atoms with E-state index in [2.05, 4.69) is 22.3 Å². The van der Waals surface area contributed by atoms with Crippen molar-refractivity contribution in [3.63, 3.8) is 0 Å². The summed E-state index contributed by atoms with van der Waals surface area (Å²) in [6, 6.07) is 8.24. The fourth-order valence-electron chi connectivity index (χ4n) is 2.72. The number of hydrogen-bond donors (Lipinski definition) is 1. The number of nitrogens with one attached hydrogen (secondary N) is 1. The topological polar surface area (TPSA) is 50.8 Å². The highest BCUT2D eigenvalue weighted by Gasteiger charge is 2.24. The Morgan fingerprint density at radius 3 is 2.61 bits per heavy atom. The van der Waals surface area contributed by atoms with Gasteiger partial charge in [0.2, 0.25) is 0 Å². The van der Waals surface area contributed by atoms with Crippen LogP contribution >= 0.6 is 0 Å². The average molecular weight is 320 g/mol. The molecule has 128 valence electrons. The molecule has 1 saturated heterocycles. The van der Waals surface area contributed by atoms with Crippen LogP contribution in [0.15, 0.2) is 24.3 Å². The van der Waals surface area contributed by atoms with Crippen LogP contribution in [0.1, 0.15) is 40.5 Å². The van der Waals surface area contributed by atoms with Crippen molar-refractivity contribution < 1.29 is 14.3 Å². The molecule has 1 aromatic rings. The summed E-state index contributed by atoms with van der Waals surface area (Å²) in [7, 11) is 0. The molecule has 0 spiro atoms. The molecule has 23 heavy (non-hydrogen) atoms. The molecule has 1 fully saturated rings. The number of anilines is 1. The van der Waals surface area contributed by atoms with E-state index in [4.69, 9.17) is 9.47 Å². The van der Waals surface area contributed by atoms with Gasteiger partial charge < -0.3 is 19.7 Å². The van der Waals surface area contributed by atoms with E-state index in [0.717, 1.165) is 37.4 Å². The van der Waals surface area contributed by atoms with Crippen molar-refractivity contribution in [1.29, 1.82) is 0 Å². The first-order chi connectivity index (χ1) is 10.9. The molecule has 1 unspecified atom stereocenters. The normalized spacial score (nSPS) is 18.4. The SMILES string of the molecule is CCOc1ccc(N2CCCC(NC(=O)OC(C)(C)C)C2)cc1. The summed E-state index contributed by atoms with van der Waals surface area (Å²) in [5.41, 5.74) is 0.692. The van der Waals surface area contributed by atoms with Gasteiger partial charge in [-0.2, -0.15) is 0 Å². The second-order valence-corrected chi connectivity index (χ2v) is 6.86. The van der Waals surface area contributed by atoms with Gasteiger partial charge in [0.15, 0.2) is 0 Å². The number of ether oxygens (including phenoxy) is 2. The highest BCUT2D eigenvalue weighted by molar-refractivity contribution is 5.68. The smallest absolute Gasteiger partial charge is 0.407 e. The maximum atomic E-state index is 11.9. The molecule has 1 aliphatic heterocycles. The lowest BCUT2D eigenvalue weighted by molar-refractivity contribution is 0.0500. The van der Waals surface area contributed by atoms with Crippen molar-refractivity contribution in [3.05, 3.63) is 24.3 Å². The van der Waals surface area contributed by atoms with Crippen LogP contribution in [0.5, 0.6) is 5.75 Å². The van der Waals surface area contributed by atoms with Gasteiger partial charge in [-0.05, 0) is 64.8 Å². The first-order valence-corrected chi connectivity index (χ1v) is 8.34. The van der Waals surface area contributed by atoms with E-state index in [1.54, 1.807) is 0 Å². The summed E-state index contributed by atoms with van der Waals surface area (Å²) >= 11 is 0. The molecule has 0 aliphatic carbocycles. The lowest BCUT2D eigenvalue weighted by atomic mass is 10.1. The number of alkyl carbamates (subject to hydrolysis) is 1. The van der Waals surface area contributed by atoms with E-state index in [-0.39, 0.29) is 12.1 Å². The van der Waals surface area contributed by atoms with Gasteiger partial charge in [-0.1, -0.05) is 0 Å². The minimum Gasteiger partial charge on any atom is -0.494 e. The minimum atomic E-state index is -0.465. The number of benzene rings is 1. The van der Waals surface area contributed by atoms with Crippen LogP contribution < -0.4 is 15.0 Å². The first-order valence-electron chi connectivity index (χ1n) is 8.34. The van der Waals surface area contributed by atoms with Crippen LogP contribution in [0, 0.1) is 0 Å². The molecule has 5 heteroatoms. The van der Waals surface area contributed by atoms with Crippen molar-refractivity contribution >= 4 is 11.8 Å². The Kier molecular flexibility index (Phi) is 5.74. The quantitative estimate of drug-likeness (QED) is 0.921. The van der Waals surface area contributed by atoms with Gasteiger partial charge in [0.05, 0.1) is 6.61 Å². The zero-order chi connectivity index (χ0) is 16.9. The van der Waals surface area contributed by atoms with Crippen molar-refractivity contribution in [2.45, 2.75) is 52.2 Å². The summed E-state index contributed by atoms with van der Waals surface area (Å²) in [6.07, 6.45) is 1.69. The van der Waals surface area contributed by atoms with Crippen LogP contribution in [0.25, 0.3) is 0 Å². The minimum absolute atomic E-state index is 0.116. The molecular formula is C18H28N2O3. The molecule has 1 heterocycles. The van der Waals surface area contributed by atoms with E-state index in [1.165, 1.54) is 0 Å². The molecular weight excluding hydrogens is 292 g/mol. The average Bonchev–Trinajstić information content (AvgIpc) is 2.46. The second kappa shape index (κ2) is 7.57. The molecule has 0 radical (unpaired) electrons. The lowest BCUT2D eigenvalue weighted by Gasteiger charge is -2.35. The van der Waals surface area contributed by atoms with E-state index in [9.17, 15) is 4.79 Å². The van der Waals surface area contributed by atoms with Gasteiger partial charge in [-0.3, -0.25) is 0 Å². The Morgan fingerprint density at radius 1 is 1.30 bits per heavy atom. The zero-order valence-electron chi connectivity index (χ0n) is 14.6. The zero-order valence-corrected chi connectivity index (χ0v) is 14.6.